The Morgan fingerprint density at radius 1 is 0.929 bits per heavy atom. The smallest absolute Gasteiger partial charge is 0.248 e. The summed E-state index contributed by atoms with van der Waals surface area (Å²) in [7, 11) is 0. The lowest BCUT2D eigenvalue weighted by Crippen LogP contribution is -2.07. The van der Waals surface area contributed by atoms with Crippen molar-refractivity contribution in [2.75, 3.05) is 18.5 Å². The van der Waals surface area contributed by atoms with Gasteiger partial charge in [-0.2, -0.15) is 0 Å². The van der Waals surface area contributed by atoms with Crippen LogP contribution in [0.1, 0.15) is 25.8 Å². The summed E-state index contributed by atoms with van der Waals surface area (Å²) in [6, 6.07) is 19.6. The van der Waals surface area contributed by atoms with Crippen LogP contribution in [0.5, 0.6) is 11.5 Å². The number of hydrogen-bond acceptors (Lipinski definition) is 3. The van der Waals surface area contributed by atoms with E-state index in [2.05, 4.69) is 12.2 Å². The number of carbonyl (C=O) groups is 1. The van der Waals surface area contributed by atoms with E-state index in [0.717, 1.165) is 34.2 Å². The molecule has 0 atom stereocenters. The lowest BCUT2D eigenvalue weighted by molar-refractivity contribution is -0.111. The molecule has 144 valence electrons. The minimum atomic E-state index is -0.181. The van der Waals surface area contributed by atoms with Gasteiger partial charge in [0.1, 0.15) is 0 Å². The van der Waals surface area contributed by atoms with Gasteiger partial charge in [0.15, 0.2) is 11.5 Å². The van der Waals surface area contributed by atoms with Crippen molar-refractivity contribution in [3.8, 4) is 11.5 Å². The number of carbonyl (C=O) groups excluding carboxylic acids is 1. The van der Waals surface area contributed by atoms with Crippen LogP contribution in [0.2, 0.25) is 0 Å². The standard InChI is InChI=1S/C24H25NO3/c1-3-15-28-22-13-9-18(16-23(22)27-4-2)10-14-24(26)25-21-12-11-19-7-5-6-8-20(19)17-21/h5-14,16-17H,3-4,15H2,1-2H3,(H,25,26)/b14-10+. The zero-order valence-corrected chi connectivity index (χ0v) is 16.3. The minimum Gasteiger partial charge on any atom is -0.490 e. The maximum absolute atomic E-state index is 12.3. The van der Waals surface area contributed by atoms with Crippen molar-refractivity contribution in [2.45, 2.75) is 20.3 Å². The Hall–Kier alpha value is -3.27. The summed E-state index contributed by atoms with van der Waals surface area (Å²) >= 11 is 0. The highest BCUT2D eigenvalue weighted by Crippen LogP contribution is 2.29. The van der Waals surface area contributed by atoms with Crippen molar-refractivity contribution in [1.82, 2.24) is 0 Å². The summed E-state index contributed by atoms with van der Waals surface area (Å²) < 4.78 is 11.4. The van der Waals surface area contributed by atoms with Gasteiger partial charge in [0.25, 0.3) is 0 Å². The number of fused-ring (bicyclic) bond motifs is 1. The minimum absolute atomic E-state index is 0.181. The molecule has 1 N–H and O–H groups in total. The molecule has 4 heteroatoms. The van der Waals surface area contributed by atoms with E-state index in [1.165, 1.54) is 6.08 Å². The Kier molecular flexibility index (Phi) is 6.68. The van der Waals surface area contributed by atoms with E-state index in [4.69, 9.17) is 9.47 Å². The van der Waals surface area contributed by atoms with E-state index < -0.39 is 0 Å². The van der Waals surface area contributed by atoms with Gasteiger partial charge in [0, 0.05) is 11.8 Å². The molecule has 3 aromatic carbocycles. The molecule has 0 aromatic heterocycles. The van der Waals surface area contributed by atoms with Crippen LogP contribution in [0.4, 0.5) is 5.69 Å². The molecule has 0 bridgehead atoms. The van der Waals surface area contributed by atoms with Crippen LogP contribution in [0.3, 0.4) is 0 Å². The third kappa shape index (κ3) is 5.13. The molecule has 0 unspecified atom stereocenters. The molecule has 1 amide bonds. The van der Waals surface area contributed by atoms with Crippen LogP contribution in [0, 0.1) is 0 Å². The third-order valence-electron chi connectivity index (χ3n) is 4.17. The topological polar surface area (TPSA) is 47.6 Å². The number of benzene rings is 3. The molecule has 0 aliphatic heterocycles. The van der Waals surface area contributed by atoms with Gasteiger partial charge in [0.2, 0.25) is 5.91 Å². The second kappa shape index (κ2) is 9.60. The number of anilines is 1. The van der Waals surface area contributed by atoms with Gasteiger partial charge in [-0.1, -0.05) is 43.3 Å². The highest BCUT2D eigenvalue weighted by Gasteiger charge is 2.06. The zero-order valence-electron chi connectivity index (χ0n) is 16.3. The fourth-order valence-electron chi connectivity index (χ4n) is 2.85. The summed E-state index contributed by atoms with van der Waals surface area (Å²) in [5.41, 5.74) is 1.65. The molecule has 0 heterocycles. The molecule has 0 aliphatic carbocycles. The quantitative estimate of drug-likeness (QED) is 0.515. The first-order valence-corrected chi connectivity index (χ1v) is 9.57. The predicted octanol–water partition coefficient (Wildman–Crippen LogP) is 5.68. The summed E-state index contributed by atoms with van der Waals surface area (Å²) in [4.78, 5) is 12.3. The predicted molar refractivity (Wildman–Crippen MR) is 115 cm³/mol. The SMILES string of the molecule is CCCOc1ccc(/C=C/C(=O)Nc2ccc3ccccc3c2)cc1OCC. The van der Waals surface area contributed by atoms with Gasteiger partial charge in [-0.05, 0) is 60.0 Å². The van der Waals surface area contributed by atoms with Gasteiger partial charge < -0.3 is 14.8 Å². The molecule has 3 aromatic rings. The lowest BCUT2D eigenvalue weighted by Gasteiger charge is -2.12. The fourth-order valence-corrected chi connectivity index (χ4v) is 2.85. The van der Waals surface area contributed by atoms with Gasteiger partial charge >= 0.3 is 0 Å². The third-order valence-corrected chi connectivity index (χ3v) is 4.17. The Labute approximate surface area is 165 Å². The molecule has 3 rings (SSSR count). The second-order valence-electron chi connectivity index (χ2n) is 6.37. The number of hydrogen-bond donors (Lipinski definition) is 1. The molecule has 0 aliphatic rings. The Balaban J connectivity index is 1.69. The molecule has 0 radical (unpaired) electrons. The number of rotatable bonds is 8. The maximum Gasteiger partial charge on any atom is 0.248 e. The van der Waals surface area contributed by atoms with Crippen molar-refractivity contribution >= 4 is 28.4 Å². The zero-order chi connectivity index (χ0) is 19.8. The molecule has 28 heavy (non-hydrogen) atoms. The molecule has 0 saturated heterocycles. The molecule has 0 fully saturated rings. The van der Waals surface area contributed by atoms with Crippen molar-refractivity contribution < 1.29 is 14.3 Å². The maximum atomic E-state index is 12.3. The molecular weight excluding hydrogens is 350 g/mol. The Bertz CT molecular complexity index is 979. The Morgan fingerprint density at radius 2 is 1.75 bits per heavy atom. The Morgan fingerprint density at radius 3 is 2.54 bits per heavy atom. The van der Waals surface area contributed by atoms with Crippen LogP contribution in [0.25, 0.3) is 16.8 Å². The van der Waals surface area contributed by atoms with Crippen molar-refractivity contribution in [3.63, 3.8) is 0 Å². The van der Waals surface area contributed by atoms with Gasteiger partial charge in [0.05, 0.1) is 13.2 Å². The van der Waals surface area contributed by atoms with Gasteiger partial charge in [-0.15, -0.1) is 0 Å². The van der Waals surface area contributed by atoms with E-state index in [1.807, 2.05) is 67.6 Å². The van der Waals surface area contributed by atoms with Crippen LogP contribution < -0.4 is 14.8 Å². The second-order valence-corrected chi connectivity index (χ2v) is 6.37. The highest BCUT2D eigenvalue weighted by atomic mass is 16.5. The summed E-state index contributed by atoms with van der Waals surface area (Å²) in [6.07, 6.45) is 4.22. The lowest BCUT2D eigenvalue weighted by atomic mass is 10.1. The average molecular weight is 375 g/mol. The van der Waals surface area contributed by atoms with Gasteiger partial charge in [-0.3, -0.25) is 4.79 Å². The summed E-state index contributed by atoms with van der Waals surface area (Å²) in [6.45, 7) is 5.19. The van der Waals surface area contributed by atoms with Crippen LogP contribution in [-0.4, -0.2) is 19.1 Å². The van der Waals surface area contributed by atoms with Crippen LogP contribution in [-0.2, 0) is 4.79 Å². The van der Waals surface area contributed by atoms with E-state index in [1.54, 1.807) is 6.08 Å². The highest BCUT2D eigenvalue weighted by molar-refractivity contribution is 6.03. The van der Waals surface area contributed by atoms with E-state index in [0.29, 0.717) is 19.0 Å². The summed E-state index contributed by atoms with van der Waals surface area (Å²) in [5.74, 6) is 1.23. The largest absolute Gasteiger partial charge is 0.490 e. The van der Waals surface area contributed by atoms with Gasteiger partial charge in [-0.25, -0.2) is 0 Å². The molecule has 4 nitrogen and oxygen atoms in total. The van der Waals surface area contributed by atoms with Crippen molar-refractivity contribution in [3.05, 3.63) is 72.3 Å². The first kappa shape index (κ1) is 19.5. The average Bonchev–Trinajstić information content (AvgIpc) is 2.72. The molecule has 0 spiro atoms. The molecular formula is C24H25NO3. The fraction of sp³-hybridized carbons (Fsp3) is 0.208. The number of amides is 1. The van der Waals surface area contributed by atoms with Crippen LogP contribution in [0.15, 0.2) is 66.7 Å². The first-order valence-electron chi connectivity index (χ1n) is 9.57. The van der Waals surface area contributed by atoms with E-state index in [-0.39, 0.29) is 5.91 Å². The summed E-state index contributed by atoms with van der Waals surface area (Å²) in [5, 5.41) is 5.14. The van der Waals surface area contributed by atoms with E-state index in [9.17, 15) is 4.79 Å². The monoisotopic (exact) mass is 375 g/mol. The van der Waals surface area contributed by atoms with Crippen molar-refractivity contribution in [1.29, 1.82) is 0 Å². The first-order chi connectivity index (χ1) is 13.7. The van der Waals surface area contributed by atoms with Crippen LogP contribution >= 0.6 is 0 Å². The normalized spacial score (nSPS) is 10.9. The molecule has 0 saturated carbocycles. The number of ether oxygens (including phenoxy) is 2. The van der Waals surface area contributed by atoms with E-state index >= 15 is 0 Å². The van der Waals surface area contributed by atoms with Crippen molar-refractivity contribution in [2.24, 2.45) is 0 Å². The number of nitrogens with one attached hydrogen (secondary N) is 1.